The van der Waals surface area contributed by atoms with Gasteiger partial charge in [0.05, 0.1) is 25.3 Å². The van der Waals surface area contributed by atoms with E-state index in [1.807, 2.05) is 18.4 Å². The molecular weight excluding hydrogens is 332 g/mol. The van der Waals surface area contributed by atoms with E-state index in [0.717, 1.165) is 36.9 Å². The van der Waals surface area contributed by atoms with E-state index in [9.17, 15) is 5.26 Å². The van der Waals surface area contributed by atoms with Crippen LogP contribution in [0.5, 0.6) is 0 Å². The third-order valence-electron chi connectivity index (χ3n) is 4.08. The van der Waals surface area contributed by atoms with Gasteiger partial charge in [-0.3, -0.25) is 9.89 Å². The molecule has 2 aromatic rings. The predicted molar refractivity (Wildman–Crippen MR) is 100 cm³/mol. The van der Waals surface area contributed by atoms with Gasteiger partial charge in [-0.2, -0.15) is 5.26 Å². The van der Waals surface area contributed by atoms with Crippen LogP contribution in [0.1, 0.15) is 22.2 Å². The van der Waals surface area contributed by atoms with Crippen LogP contribution < -0.4 is 0 Å². The number of aryl methyl sites for hydroxylation is 1. The standard InChI is InChI=1S/C19H22N4OS/c1-15-14-25-19(22-15)17(9-20)10-21-11-18-13-23(7-8-24-18)12-16-5-3-2-4-6-16/h2-6,10,14,17-18H,7-8,11-13H2,1H3/t17-,18+/m1/s1. The zero-order valence-corrected chi connectivity index (χ0v) is 15.2. The SMILES string of the molecule is Cc1csc([C@H](C#N)C=NC[C@H]2CN(Cc3ccccc3)CCO2)n1. The second kappa shape index (κ2) is 8.86. The Hall–Kier alpha value is -2.07. The summed E-state index contributed by atoms with van der Waals surface area (Å²) in [6.45, 7) is 5.97. The number of hydrogen-bond acceptors (Lipinski definition) is 6. The van der Waals surface area contributed by atoms with Crippen molar-refractivity contribution in [2.24, 2.45) is 4.99 Å². The number of nitrogens with zero attached hydrogens (tertiary/aromatic N) is 4. The highest BCUT2D eigenvalue weighted by Crippen LogP contribution is 2.18. The molecule has 0 amide bonds. The maximum atomic E-state index is 9.32. The summed E-state index contributed by atoms with van der Waals surface area (Å²) < 4.78 is 5.82. The fourth-order valence-corrected chi connectivity index (χ4v) is 3.63. The Labute approximate surface area is 152 Å². The van der Waals surface area contributed by atoms with Gasteiger partial charge in [-0.25, -0.2) is 4.98 Å². The molecule has 5 nitrogen and oxygen atoms in total. The van der Waals surface area contributed by atoms with Gasteiger partial charge in [0.15, 0.2) is 0 Å². The van der Waals surface area contributed by atoms with Crippen LogP contribution in [0.15, 0.2) is 40.7 Å². The zero-order valence-electron chi connectivity index (χ0n) is 14.3. The monoisotopic (exact) mass is 354 g/mol. The second-order valence-electron chi connectivity index (χ2n) is 6.16. The largest absolute Gasteiger partial charge is 0.374 e. The van der Waals surface area contributed by atoms with Crippen LogP contribution in [-0.2, 0) is 11.3 Å². The zero-order chi connectivity index (χ0) is 17.5. The van der Waals surface area contributed by atoms with E-state index in [-0.39, 0.29) is 12.0 Å². The Balaban J connectivity index is 1.51. The van der Waals surface area contributed by atoms with Crippen molar-refractivity contribution in [3.63, 3.8) is 0 Å². The van der Waals surface area contributed by atoms with Crippen LogP contribution in [-0.4, -0.2) is 48.4 Å². The first-order valence-electron chi connectivity index (χ1n) is 8.44. The summed E-state index contributed by atoms with van der Waals surface area (Å²) in [7, 11) is 0. The number of morpholine rings is 1. The van der Waals surface area contributed by atoms with Gasteiger partial charge in [0, 0.05) is 36.9 Å². The highest BCUT2D eigenvalue weighted by atomic mass is 32.1. The molecule has 1 aliphatic rings. The Kier molecular flexibility index (Phi) is 6.29. The van der Waals surface area contributed by atoms with Gasteiger partial charge in [0.25, 0.3) is 0 Å². The van der Waals surface area contributed by atoms with Crippen LogP contribution in [0.2, 0.25) is 0 Å². The Morgan fingerprint density at radius 3 is 3.04 bits per heavy atom. The number of aromatic nitrogens is 1. The van der Waals surface area contributed by atoms with Crippen LogP contribution in [0.4, 0.5) is 0 Å². The van der Waals surface area contributed by atoms with E-state index in [4.69, 9.17) is 4.74 Å². The van der Waals surface area contributed by atoms with E-state index in [1.165, 1.54) is 16.9 Å². The molecule has 130 valence electrons. The fraction of sp³-hybridized carbons (Fsp3) is 0.421. The molecule has 0 N–H and O–H groups in total. The highest BCUT2D eigenvalue weighted by molar-refractivity contribution is 7.09. The molecule has 2 heterocycles. The maximum absolute atomic E-state index is 9.32. The molecule has 1 aromatic heterocycles. The summed E-state index contributed by atoms with van der Waals surface area (Å²) in [5.41, 5.74) is 2.26. The van der Waals surface area contributed by atoms with E-state index < -0.39 is 0 Å². The van der Waals surface area contributed by atoms with Crippen LogP contribution in [0.3, 0.4) is 0 Å². The topological polar surface area (TPSA) is 61.5 Å². The van der Waals surface area contributed by atoms with Crippen LogP contribution in [0.25, 0.3) is 0 Å². The lowest BCUT2D eigenvalue weighted by Crippen LogP contribution is -2.43. The molecule has 0 unspecified atom stereocenters. The molecule has 0 spiro atoms. The molecule has 0 bridgehead atoms. The van der Waals surface area contributed by atoms with Crippen LogP contribution >= 0.6 is 11.3 Å². The Morgan fingerprint density at radius 2 is 2.32 bits per heavy atom. The molecule has 1 aliphatic heterocycles. The molecule has 2 atom stereocenters. The summed E-state index contributed by atoms with van der Waals surface area (Å²) in [6.07, 6.45) is 1.78. The number of benzene rings is 1. The van der Waals surface area contributed by atoms with Crippen LogP contribution in [0, 0.1) is 18.3 Å². The minimum Gasteiger partial charge on any atom is -0.374 e. The molecule has 6 heteroatoms. The molecule has 1 aromatic carbocycles. The Bertz CT molecular complexity index is 737. The molecule has 0 saturated carbocycles. The number of rotatable bonds is 6. The van der Waals surface area contributed by atoms with E-state index in [2.05, 4.69) is 45.2 Å². The number of hydrogen-bond donors (Lipinski definition) is 0. The molecule has 0 aliphatic carbocycles. The maximum Gasteiger partial charge on any atom is 0.133 e. The average molecular weight is 354 g/mol. The molecule has 1 fully saturated rings. The van der Waals surface area contributed by atoms with Gasteiger partial charge >= 0.3 is 0 Å². The second-order valence-corrected chi connectivity index (χ2v) is 7.05. The average Bonchev–Trinajstić information content (AvgIpc) is 3.06. The highest BCUT2D eigenvalue weighted by Gasteiger charge is 2.20. The van der Waals surface area contributed by atoms with Gasteiger partial charge in [-0.1, -0.05) is 30.3 Å². The van der Waals surface area contributed by atoms with Crippen molar-refractivity contribution in [1.82, 2.24) is 9.88 Å². The van der Waals surface area contributed by atoms with Gasteiger partial charge in [-0.05, 0) is 12.5 Å². The summed E-state index contributed by atoms with van der Waals surface area (Å²) in [6, 6.07) is 12.7. The minimum absolute atomic E-state index is 0.0751. The first-order chi connectivity index (χ1) is 12.2. The lowest BCUT2D eigenvalue weighted by molar-refractivity contribution is -0.0257. The van der Waals surface area contributed by atoms with Crippen molar-refractivity contribution in [3.05, 3.63) is 52.0 Å². The molecule has 1 saturated heterocycles. The molecule has 0 radical (unpaired) electrons. The number of aliphatic imine (C=N–C) groups is 1. The summed E-state index contributed by atoms with van der Waals surface area (Å²) in [5.74, 6) is -0.372. The lowest BCUT2D eigenvalue weighted by Gasteiger charge is -2.32. The first kappa shape index (κ1) is 17.7. The fourth-order valence-electron chi connectivity index (χ4n) is 2.83. The van der Waals surface area contributed by atoms with Gasteiger partial charge in [0.1, 0.15) is 10.9 Å². The summed E-state index contributed by atoms with van der Waals surface area (Å²) >= 11 is 1.51. The van der Waals surface area contributed by atoms with Crippen molar-refractivity contribution < 1.29 is 4.74 Å². The van der Waals surface area contributed by atoms with Gasteiger partial charge < -0.3 is 4.74 Å². The van der Waals surface area contributed by atoms with Crippen molar-refractivity contribution in [2.45, 2.75) is 25.5 Å². The lowest BCUT2D eigenvalue weighted by atomic mass is 10.2. The molecule has 3 rings (SSSR count). The number of ether oxygens (including phenoxy) is 1. The van der Waals surface area contributed by atoms with E-state index in [0.29, 0.717) is 6.54 Å². The number of thiazole rings is 1. The Morgan fingerprint density at radius 1 is 1.48 bits per heavy atom. The smallest absolute Gasteiger partial charge is 0.133 e. The van der Waals surface area contributed by atoms with Crippen molar-refractivity contribution in [2.75, 3.05) is 26.2 Å². The van der Waals surface area contributed by atoms with E-state index in [1.54, 1.807) is 6.21 Å². The van der Waals surface area contributed by atoms with Crippen molar-refractivity contribution in [3.8, 4) is 6.07 Å². The predicted octanol–water partition coefficient (Wildman–Crippen LogP) is 3.03. The summed E-state index contributed by atoms with van der Waals surface area (Å²) in [5, 5.41) is 12.1. The quantitative estimate of drug-likeness (QED) is 0.748. The molecule has 25 heavy (non-hydrogen) atoms. The third-order valence-corrected chi connectivity index (χ3v) is 5.12. The van der Waals surface area contributed by atoms with Gasteiger partial charge in [0.2, 0.25) is 0 Å². The first-order valence-corrected chi connectivity index (χ1v) is 9.32. The third kappa shape index (κ3) is 5.20. The van der Waals surface area contributed by atoms with E-state index >= 15 is 0 Å². The van der Waals surface area contributed by atoms with Crippen molar-refractivity contribution >= 4 is 17.6 Å². The summed E-state index contributed by atoms with van der Waals surface area (Å²) in [4.78, 5) is 11.2. The normalized spacial score (nSPS) is 19.8. The van der Waals surface area contributed by atoms with Gasteiger partial charge in [-0.15, -0.1) is 11.3 Å². The molecular formula is C19H22N4OS. The number of nitriles is 1. The van der Waals surface area contributed by atoms with Crippen molar-refractivity contribution in [1.29, 1.82) is 5.26 Å². The minimum atomic E-state index is -0.372.